The Balaban J connectivity index is 2.77. The Kier molecular flexibility index (Phi) is 4.39. The predicted octanol–water partition coefficient (Wildman–Crippen LogP) is 0.834. The smallest absolute Gasteiger partial charge is 0.280 e. The molecule has 0 saturated heterocycles. The summed E-state index contributed by atoms with van der Waals surface area (Å²) in [6.07, 6.45) is -0.130. The van der Waals surface area contributed by atoms with Crippen molar-refractivity contribution in [3.63, 3.8) is 0 Å². The van der Waals surface area contributed by atoms with E-state index < -0.39 is 18.0 Å². The summed E-state index contributed by atoms with van der Waals surface area (Å²) in [6.45, 7) is 1.81. The van der Waals surface area contributed by atoms with Crippen molar-refractivity contribution in [3.8, 4) is 0 Å². The van der Waals surface area contributed by atoms with Crippen LogP contribution in [0.2, 0.25) is 0 Å². The maximum atomic E-state index is 12.6. The first-order chi connectivity index (χ1) is 7.60. The topological polar surface area (TPSA) is 67.5 Å². The molecule has 0 radical (unpaired) electrons. The van der Waals surface area contributed by atoms with Gasteiger partial charge in [-0.3, -0.25) is 9.79 Å². The first-order valence-corrected chi connectivity index (χ1v) is 5.15. The van der Waals surface area contributed by atoms with E-state index in [2.05, 4.69) is 10.3 Å². The average molecular weight is 231 g/mol. The van der Waals surface area contributed by atoms with Crippen molar-refractivity contribution in [1.82, 2.24) is 5.32 Å². The maximum Gasteiger partial charge on any atom is 0.280 e. The zero-order chi connectivity index (χ0) is 12.1. The Bertz CT molecular complexity index is 322. The second-order valence-corrected chi connectivity index (χ2v) is 3.49. The van der Waals surface area contributed by atoms with Crippen molar-refractivity contribution < 1.29 is 13.6 Å². The average Bonchev–Trinajstić information content (AvgIpc) is 3.01. The van der Waals surface area contributed by atoms with Gasteiger partial charge in [0.25, 0.3) is 12.3 Å². The number of carbonyl (C=O) groups excluding carboxylic acids is 1. The summed E-state index contributed by atoms with van der Waals surface area (Å²) in [5.41, 5.74) is 4.43. The van der Waals surface area contributed by atoms with Crippen molar-refractivity contribution in [2.75, 3.05) is 6.54 Å². The summed E-state index contributed by atoms with van der Waals surface area (Å²) in [7, 11) is 0. The van der Waals surface area contributed by atoms with Crippen molar-refractivity contribution in [2.45, 2.75) is 32.2 Å². The van der Waals surface area contributed by atoms with E-state index in [1.165, 1.54) is 0 Å². The Morgan fingerprint density at radius 1 is 1.62 bits per heavy atom. The highest BCUT2D eigenvalue weighted by atomic mass is 19.3. The predicted molar refractivity (Wildman–Crippen MR) is 57.4 cm³/mol. The number of carbonyl (C=O) groups is 1. The van der Waals surface area contributed by atoms with Crippen LogP contribution >= 0.6 is 0 Å². The van der Waals surface area contributed by atoms with Gasteiger partial charge in [-0.05, 0) is 19.8 Å². The van der Waals surface area contributed by atoms with Gasteiger partial charge in [-0.2, -0.15) is 0 Å². The normalized spacial score (nSPS) is 17.8. The molecule has 0 unspecified atom stereocenters. The van der Waals surface area contributed by atoms with E-state index >= 15 is 0 Å². The van der Waals surface area contributed by atoms with Crippen LogP contribution in [0.1, 0.15) is 19.8 Å². The number of rotatable bonds is 5. The molecular weight excluding hydrogens is 216 g/mol. The summed E-state index contributed by atoms with van der Waals surface area (Å²) in [4.78, 5) is 15.2. The molecule has 0 aromatic carbocycles. The summed E-state index contributed by atoms with van der Waals surface area (Å²) < 4.78 is 25.3. The van der Waals surface area contributed by atoms with E-state index in [4.69, 9.17) is 5.73 Å². The van der Waals surface area contributed by atoms with Crippen molar-refractivity contribution in [1.29, 1.82) is 0 Å². The number of halogens is 2. The van der Waals surface area contributed by atoms with E-state index in [9.17, 15) is 13.6 Å². The van der Waals surface area contributed by atoms with Gasteiger partial charge in [0.15, 0.2) is 0 Å². The van der Waals surface area contributed by atoms with Crippen LogP contribution in [0.3, 0.4) is 0 Å². The van der Waals surface area contributed by atoms with Crippen LogP contribution in [0.5, 0.6) is 0 Å². The van der Waals surface area contributed by atoms with Crippen molar-refractivity contribution in [2.24, 2.45) is 10.7 Å². The summed E-state index contributed by atoms with van der Waals surface area (Å²) in [6, 6.07) is 0.1000. The van der Waals surface area contributed by atoms with E-state index in [1.54, 1.807) is 6.92 Å². The molecule has 1 fully saturated rings. The van der Waals surface area contributed by atoms with Crippen LogP contribution in [0.4, 0.5) is 8.78 Å². The molecule has 4 nitrogen and oxygen atoms in total. The highest BCUT2D eigenvalue weighted by Gasteiger charge is 2.28. The lowest BCUT2D eigenvalue weighted by Gasteiger charge is -2.09. The van der Waals surface area contributed by atoms with Gasteiger partial charge in [0.05, 0.1) is 5.57 Å². The van der Waals surface area contributed by atoms with Crippen LogP contribution in [-0.4, -0.2) is 30.6 Å². The fraction of sp³-hybridized carbons (Fsp3) is 0.600. The fourth-order valence-electron chi connectivity index (χ4n) is 1.21. The van der Waals surface area contributed by atoms with E-state index in [1.807, 2.05) is 0 Å². The molecule has 0 aliphatic heterocycles. The van der Waals surface area contributed by atoms with Crippen molar-refractivity contribution >= 4 is 11.6 Å². The molecular formula is C10H15F2N3O. The number of amides is 1. The third-order valence-corrected chi connectivity index (χ3v) is 2.13. The molecule has 90 valence electrons. The van der Waals surface area contributed by atoms with Gasteiger partial charge in [-0.1, -0.05) is 0 Å². The highest BCUT2D eigenvalue weighted by molar-refractivity contribution is 6.22. The number of nitrogens with zero attached hydrogens (tertiary/aromatic N) is 1. The second kappa shape index (κ2) is 5.58. The molecule has 3 N–H and O–H groups in total. The minimum Gasteiger partial charge on any atom is -0.404 e. The lowest BCUT2D eigenvalue weighted by Crippen LogP contribution is -2.33. The van der Waals surface area contributed by atoms with Crippen LogP contribution < -0.4 is 11.1 Å². The second-order valence-electron chi connectivity index (χ2n) is 3.49. The standard InChI is InChI=1S/C10H15F2N3O/c1-2-14-8(9(11)12)7(5-13)10(16)15-6-3-4-6/h5-6,9H,2-4,13H2,1H3,(H,15,16). The molecule has 6 heteroatoms. The number of hydrogen-bond donors (Lipinski definition) is 2. The lowest BCUT2D eigenvalue weighted by molar-refractivity contribution is -0.117. The van der Waals surface area contributed by atoms with Gasteiger partial charge in [-0.15, -0.1) is 0 Å². The van der Waals surface area contributed by atoms with Crippen LogP contribution in [0.15, 0.2) is 16.8 Å². The molecule has 0 atom stereocenters. The molecule has 0 aromatic rings. The minimum absolute atomic E-state index is 0.1000. The highest BCUT2D eigenvalue weighted by Crippen LogP contribution is 2.19. The first kappa shape index (κ1) is 12.6. The van der Waals surface area contributed by atoms with Crippen molar-refractivity contribution in [3.05, 3.63) is 11.8 Å². The minimum atomic E-state index is -2.79. The van der Waals surface area contributed by atoms with Gasteiger partial charge < -0.3 is 11.1 Å². The number of alkyl halides is 2. The summed E-state index contributed by atoms with van der Waals surface area (Å²) >= 11 is 0. The number of aliphatic imine (C=N–C) groups is 1. The van der Waals surface area contributed by atoms with Gasteiger partial charge in [0.1, 0.15) is 5.71 Å². The zero-order valence-electron chi connectivity index (χ0n) is 9.04. The molecule has 0 heterocycles. The molecule has 1 aliphatic carbocycles. The van der Waals surface area contributed by atoms with Crippen LogP contribution in [0.25, 0.3) is 0 Å². The molecule has 1 rings (SSSR count). The summed E-state index contributed by atoms with van der Waals surface area (Å²) in [5, 5.41) is 2.60. The Labute approximate surface area is 92.6 Å². The van der Waals surface area contributed by atoms with E-state index in [0.29, 0.717) is 0 Å². The van der Waals surface area contributed by atoms with Gasteiger partial charge >= 0.3 is 0 Å². The molecule has 1 saturated carbocycles. The monoisotopic (exact) mass is 231 g/mol. The van der Waals surface area contributed by atoms with Crippen LogP contribution in [-0.2, 0) is 4.79 Å². The molecule has 0 aromatic heterocycles. The van der Waals surface area contributed by atoms with E-state index in [0.717, 1.165) is 19.0 Å². The molecule has 16 heavy (non-hydrogen) atoms. The van der Waals surface area contributed by atoms with Gasteiger partial charge in [-0.25, -0.2) is 8.78 Å². The molecule has 0 bridgehead atoms. The Hall–Kier alpha value is -1.46. The van der Waals surface area contributed by atoms with Crippen LogP contribution in [0, 0.1) is 0 Å². The zero-order valence-corrected chi connectivity index (χ0v) is 9.04. The first-order valence-electron chi connectivity index (χ1n) is 5.15. The van der Waals surface area contributed by atoms with Gasteiger partial charge in [0, 0.05) is 18.8 Å². The quantitative estimate of drug-likeness (QED) is 0.543. The van der Waals surface area contributed by atoms with E-state index in [-0.39, 0.29) is 18.2 Å². The SMILES string of the molecule is CCN=C(C(=CN)C(=O)NC1CC1)C(F)F. The third-order valence-electron chi connectivity index (χ3n) is 2.13. The molecule has 0 spiro atoms. The summed E-state index contributed by atoms with van der Waals surface area (Å²) in [5.74, 6) is -0.572. The molecule has 1 amide bonds. The lowest BCUT2D eigenvalue weighted by atomic mass is 10.1. The van der Waals surface area contributed by atoms with Gasteiger partial charge in [0.2, 0.25) is 0 Å². The maximum absolute atomic E-state index is 12.6. The number of nitrogens with one attached hydrogen (secondary N) is 1. The Morgan fingerprint density at radius 3 is 2.62 bits per heavy atom. The number of nitrogens with two attached hydrogens (primary N) is 1. The largest absolute Gasteiger partial charge is 0.404 e. The number of hydrogen-bond acceptors (Lipinski definition) is 3. The third kappa shape index (κ3) is 3.29. The fourth-order valence-corrected chi connectivity index (χ4v) is 1.21. The Morgan fingerprint density at radius 2 is 2.25 bits per heavy atom. The molecule has 1 aliphatic rings.